The molecule has 1 aliphatic heterocycles. The van der Waals surface area contributed by atoms with E-state index < -0.39 is 6.04 Å². The van der Waals surface area contributed by atoms with Crippen molar-refractivity contribution in [1.82, 2.24) is 15.5 Å². The zero-order valence-electron chi connectivity index (χ0n) is 19.4. The molecule has 1 atom stereocenters. The molecule has 33 heavy (non-hydrogen) atoms. The lowest BCUT2D eigenvalue weighted by molar-refractivity contribution is -0.124. The number of carbonyl (C=O) groups excluding carboxylic acids is 3. The zero-order chi connectivity index (χ0) is 23.6. The summed E-state index contributed by atoms with van der Waals surface area (Å²) in [6.45, 7) is 4.01. The minimum absolute atomic E-state index is 0.00133. The fraction of sp³-hybridized carbons (Fsp3) is 0.423. The van der Waals surface area contributed by atoms with Gasteiger partial charge in [0.05, 0.1) is 0 Å². The van der Waals surface area contributed by atoms with Crippen LogP contribution in [0.15, 0.2) is 54.6 Å². The summed E-state index contributed by atoms with van der Waals surface area (Å²) in [5.41, 5.74) is 2.08. The quantitative estimate of drug-likeness (QED) is 0.574. The van der Waals surface area contributed by atoms with Gasteiger partial charge in [-0.2, -0.15) is 0 Å². The highest BCUT2D eigenvalue weighted by atomic mass is 16.5. The van der Waals surface area contributed by atoms with Gasteiger partial charge in [0.1, 0.15) is 6.04 Å². The molecule has 0 aromatic heterocycles. The molecule has 7 nitrogen and oxygen atoms in total. The number of nitrogens with zero attached hydrogens (tertiary/aromatic N) is 1. The largest absolute Gasteiger partial charge is 0.385 e. The van der Waals surface area contributed by atoms with Gasteiger partial charge in [0.25, 0.3) is 11.8 Å². The molecule has 0 radical (unpaired) electrons. The minimum Gasteiger partial charge on any atom is -0.385 e. The first-order chi connectivity index (χ1) is 16.0. The van der Waals surface area contributed by atoms with Gasteiger partial charge < -0.3 is 20.3 Å². The Balaban J connectivity index is 1.67. The van der Waals surface area contributed by atoms with Gasteiger partial charge in [-0.3, -0.25) is 14.4 Å². The van der Waals surface area contributed by atoms with Gasteiger partial charge in [-0.05, 0) is 55.9 Å². The van der Waals surface area contributed by atoms with Crippen molar-refractivity contribution < 1.29 is 19.1 Å². The summed E-state index contributed by atoms with van der Waals surface area (Å²) in [6.07, 6.45) is 1.98. The van der Waals surface area contributed by atoms with E-state index in [0.717, 1.165) is 5.56 Å². The number of carbonyl (C=O) groups is 3. The van der Waals surface area contributed by atoms with Gasteiger partial charge in [-0.1, -0.05) is 36.4 Å². The van der Waals surface area contributed by atoms with Crippen molar-refractivity contribution in [3.8, 4) is 0 Å². The van der Waals surface area contributed by atoms with Crippen LogP contribution in [0.25, 0.3) is 0 Å². The van der Waals surface area contributed by atoms with Gasteiger partial charge >= 0.3 is 0 Å². The molecule has 176 valence electrons. The Bertz CT molecular complexity index is 940. The number of benzene rings is 2. The van der Waals surface area contributed by atoms with Crippen LogP contribution in [0.4, 0.5) is 0 Å². The van der Waals surface area contributed by atoms with Crippen LogP contribution in [0, 0.1) is 12.8 Å². The van der Waals surface area contributed by atoms with E-state index in [9.17, 15) is 14.4 Å². The first-order valence-corrected chi connectivity index (χ1v) is 11.5. The summed E-state index contributed by atoms with van der Waals surface area (Å²) in [6, 6.07) is 15.9. The van der Waals surface area contributed by atoms with E-state index in [1.165, 1.54) is 0 Å². The van der Waals surface area contributed by atoms with Crippen LogP contribution < -0.4 is 10.6 Å². The van der Waals surface area contributed by atoms with Crippen LogP contribution in [0.5, 0.6) is 0 Å². The molecule has 0 spiro atoms. The third-order valence-corrected chi connectivity index (χ3v) is 6.10. The lowest BCUT2D eigenvalue weighted by atomic mass is 9.88. The molecule has 2 N–H and O–H groups in total. The fourth-order valence-corrected chi connectivity index (χ4v) is 4.18. The molecule has 1 fully saturated rings. The number of likely N-dealkylation sites (tertiary alicyclic amines) is 1. The van der Waals surface area contributed by atoms with Gasteiger partial charge in [-0.15, -0.1) is 0 Å². The second kappa shape index (κ2) is 12.2. The van der Waals surface area contributed by atoms with E-state index in [1.807, 2.05) is 60.4 Å². The van der Waals surface area contributed by atoms with Crippen molar-refractivity contribution in [2.75, 3.05) is 33.4 Å². The molecule has 1 heterocycles. The molecule has 0 bridgehead atoms. The number of nitrogens with one attached hydrogen (secondary N) is 2. The molecule has 3 rings (SSSR count). The third kappa shape index (κ3) is 6.65. The Morgan fingerprint density at radius 1 is 1.03 bits per heavy atom. The summed E-state index contributed by atoms with van der Waals surface area (Å²) in [7, 11) is 1.62. The van der Waals surface area contributed by atoms with Crippen LogP contribution in [-0.2, 0) is 9.53 Å². The number of aryl methyl sites for hydroxylation is 1. The minimum atomic E-state index is -0.659. The molecule has 2 aromatic rings. The highest BCUT2D eigenvalue weighted by Crippen LogP contribution is 2.23. The molecule has 0 saturated carbocycles. The average Bonchev–Trinajstić information content (AvgIpc) is 2.85. The number of amides is 3. The molecule has 0 aliphatic carbocycles. The SMILES string of the molecule is COCCCNC(=O)[C@H](NC(=O)c1ccccc1C)C1CCN(C(=O)c2ccccc2)CC1. The highest BCUT2D eigenvalue weighted by Gasteiger charge is 2.34. The van der Waals surface area contributed by atoms with Crippen molar-refractivity contribution in [1.29, 1.82) is 0 Å². The van der Waals surface area contributed by atoms with Gasteiger partial charge in [0, 0.05) is 44.5 Å². The van der Waals surface area contributed by atoms with E-state index in [1.54, 1.807) is 13.2 Å². The standard InChI is InChI=1S/C26H33N3O4/c1-19-9-6-7-12-22(19)24(30)28-23(25(31)27-15-8-18-33-2)20-13-16-29(17-14-20)26(32)21-10-4-3-5-11-21/h3-7,9-12,20,23H,8,13-18H2,1-2H3,(H,27,31)(H,28,30)/t23-/m1/s1. The van der Waals surface area contributed by atoms with Crippen LogP contribution in [-0.4, -0.2) is 62.0 Å². The second-order valence-corrected chi connectivity index (χ2v) is 8.40. The lowest BCUT2D eigenvalue weighted by Crippen LogP contribution is -2.54. The Morgan fingerprint density at radius 3 is 2.36 bits per heavy atom. The Kier molecular flexibility index (Phi) is 9.01. The van der Waals surface area contributed by atoms with Crippen LogP contribution >= 0.6 is 0 Å². The molecular weight excluding hydrogens is 418 g/mol. The Labute approximate surface area is 195 Å². The topological polar surface area (TPSA) is 87.7 Å². The number of rotatable bonds is 9. The van der Waals surface area contributed by atoms with E-state index >= 15 is 0 Å². The maximum Gasteiger partial charge on any atom is 0.253 e. The number of hydrogen-bond donors (Lipinski definition) is 2. The van der Waals surface area contributed by atoms with E-state index in [-0.39, 0.29) is 23.6 Å². The average molecular weight is 452 g/mol. The van der Waals surface area contributed by atoms with Gasteiger partial charge in [0.15, 0.2) is 0 Å². The second-order valence-electron chi connectivity index (χ2n) is 8.40. The maximum atomic E-state index is 13.0. The van der Waals surface area contributed by atoms with E-state index in [2.05, 4.69) is 10.6 Å². The fourth-order valence-electron chi connectivity index (χ4n) is 4.18. The van der Waals surface area contributed by atoms with Gasteiger partial charge in [-0.25, -0.2) is 0 Å². The molecule has 7 heteroatoms. The molecule has 2 aromatic carbocycles. The highest BCUT2D eigenvalue weighted by molar-refractivity contribution is 5.98. The maximum absolute atomic E-state index is 13.0. The van der Waals surface area contributed by atoms with E-state index in [0.29, 0.717) is 56.6 Å². The molecular formula is C26H33N3O4. The number of methoxy groups -OCH3 is 1. The Morgan fingerprint density at radius 2 is 1.70 bits per heavy atom. The summed E-state index contributed by atoms with van der Waals surface area (Å²) in [5, 5.41) is 5.91. The normalized spacial score (nSPS) is 15.0. The zero-order valence-corrected chi connectivity index (χ0v) is 19.4. The van der Waals surface area contributed by atoms with Gasteiger partial charge in [0.2, 0.25) is 5.91 Å². The van der Waals surface area contributed by atoms with E-state index in [4.69, 9.17) is 4.74 Å². The first kappa shape index (κ1) is 24.5. The number of hydrogen-bond acceptors (Lipinski definition) is 4. The monoisotopic (exact) mass is 451 g/mol. The summed E-state index contributed by atoms with van der Waals surface area (Å²) in [4.78, 5) is 40.6. The van der Waals surface area contributed by atoms with Crippen molar-refractivity contribution in [2.45, 2.75) is 32.2 Å². The third-order valence-electron chi connectivity index (χ3n) is 6.10. The van der Waals surface area contributed by atoms with Crippen molar-refractivity contribution >= 4 is 17.7 Å². The summed E-state index contributed by atoms with van der Waals surface area (Å²) < 4.78 is 5.05. The predicted octanol–water partition coefficient (Wildman–Crippen LogP) is 2.80. The van der Waals surface area contributed by atoms with Crippen molar-refractivity contribution in [2.24, 2.45) is 5.92 Å². The molecule has 3 amide bonds. The van der Waals surface area contributed by atoms with Crippen LogP contribution in [0.3, 0.4) is 0 Å². The van der Waals surface area contributed by atoms with Crippen LogP contribution in [0.2, 0.25) is 0 Å². The van der Waals surface area contributed by atoms with Crippen molar-refractivity contribution in [3.05, 3.63) is 71.3 Å². The predicted molar refractivity (Wildman–Crippen MR) is 127 cm³/mol. The summed E-state index contributed by atoms with van der Waals surface area (Å²) in [5.74, 6) is -0.507. The smallest absolute Gasteiger partial charge is 0.253 e. The molecule has 1 aliphatic rings. The van der Waals surface area contributed by atoms with Crippen molar-refractivity contribution in [3.63, 3.8) is 0 Å². The molecule has 1 saturated heterocycles. The number of ether oxygens (including phenoxy) is 1. The lowest BCUT2D eigenvalue weighted by Gasteiger charge is -2.36. The van der Waals surface area contributed by atoms with Crippen LogP contribution in [0.1, 0.15) is 45.5 Å². The first-order valence-electron chi connectivity index (χ1n) is 11.5. The molecule has 0 unspecified atom stereocenters. The Hall–Kier alpha value is -3.19. The summed E-state index contributed by atoms with van der Waals surface area (Å²) >= 11 is 0. The number of piperidine rings is 1.